The number of carbonyl (C=O) groups excluding carboxylic acids is 1. The van der Waals surface area contributed by atoms with Crippen LogP contribution in [-0.2, 0) is 0 Å². The Hall–Kier alpha value is -3.67. The highest BCUT2D eigenvalue weighted by atomic mass is 16.5. The van der Waals surface area contributed by atoms with Crippen molar-refractivity contribution in [3.05, 3.63) is 59.9 Å². The van der Waals surface area contributed by atoms with E-state index in [-0.39, 0.29) is 11.7 Å². The van der Waals surface area contributed by atoms with Crippen LogP contribution in [0.1, 0.15) is 16.1 Å². The molecular formula is C23H21NO5. The molecule has 0 saturated carbocycles. The normalized spacial score (nSPS) is 10.9. The number of hydrogen-bond acceptors (Lipinski definition) is 5. The lowest BCUT2D eigenvalue weighted by molar-refractivity contribution is 0.0998. The number of anilines is 1. The Bertz CT molecular complexity index is 1200. The van der Waals surface area contributed by atoms with Crippen LogP contribution >= 0.6 is 0 Å². The molecular weight excluding hydrogens is 370 g/mol. The van der Waals surface area contributed by atoms with Crippen molar-refractivity contribution in [2.75, 3.05) is 26.6 Å². The van der Waals surface area contributed by atoms with Crippen molar-refractivity contribution in [3.8, 4) is 17.2 Å². The molecule has 0 aliphatic rings. The SMILES string of the molecule is COc1cc(NC(=O)c2oc3c(ccc4ccccc43)c2C)cc(OC)c1OC. The summed E-state index contributed by atoms with van der Waals surface area (Å²) in [5.74, 6) is 1.28. The van der Waals surface area contributed by atoms with E-state index in [4.69, 9.17) is 18.6 Å². The molecule has 0 fully saturated rings. The number of hydrogen-bond donors (Lipinski definition) is 1. The summed E-state index contributed by atoms with van der Waals surface area (Å²) in [4.78, 5) is 13.0. The van der Waals surface area contributed by atoms with Crippen LogP contribution in [0.2, 0.25) is 0 Å². The summed E-state index contributed by atoms with van der Waals surface area (Å²) in [6.07, 6.45) is 0. The molecule has 0 spiro atoms. The first-order valence-corrected chi connectivity index (χ1v) is 9.09. The van der Waals surface area contributed by atoms with Gasteiger partial charge in [-0.25, -0.2) is 0 Å². The average molecular weight is 391 g/mol. The maximum absolute atomic E-state index is 13.0. The monoisotopic (exact) mass is 391 g/mol. The summed E-state index contributed by atoms with van der Waals surface area (Å²) in [6.45, 7) is 1.88. The topological polar surface area (TPSA) is 69.9 Å². The second kappa shape index (κ2) is 7.39. The number of carbonyl (C=O) groups is 1. The number of benzene rings is 3. The Morgan fingerprint density at radius 3 is 2.24 bits per heavy atom. The Kier molecular flexibility index (Phi) is 4.76. The molecule has 0 aliphatic carbocycles. The first-order valence-electron chi connectivity index (χ1n) is 9.09. The van der Waals surface area contributed by atoms with Crippen molar-refractivity contribution < 1.29 is 23.4 Å². The number of furan rings is 1. The second-order valence-corrected chi connectivity index (χ2v) is 6.59. The van der Waals surface area contributed by atoms with Crippen molar-refractivity contribution in [1.29, 1.82) is 0 Å². The second-order valence-electron chi connectivity index (χ2n) is 6.59. The van der Waals surface area contributed by atoms with E-state index in [1.807, 2.05) is 43.3 Å². The first kappa shape index (κ1) is 18.7. The van der Waals surface area contributed by atoms with E-state index in [0.29, 0.717) is 28.5 Å². The van der Waals surface area contributed by atoms with E-state index in [1.54, 1.807) is 12.1 Å². The number of ether oxygens (including phenoxy) is 3. The third-order valence-electron chi connectivity index (χ3n) is 4.96. The van der Waals surface area contributed by atoms with Gasteiger partial charge in [-0.05, 0) is 12.3 Å². The lowest BCUT2D eigenvalue weighted by atomic mass is 10.1. The number of rotatable bonds is 5. The fourth-order valence-electron chi connectivity index (χ4n) is 3.51. The molecule has 3 aromatic carbocycles. The largest absolute Gasteiger partial charge is 0.493 e. The third kappa shape index (κ3) is 3.12. The molecule has 4 aromatic rings. The van der Waals surface area contributed by atoms with Crippen LogP contribution in [0, 0.1) is 6.92 Å². The highest BCUT2D eigenvalue weighted by Crippen LogP contribution is 2.40. The van der Waals surface area contributed by atoms with Gasteiger partial charge in [-0.3, -0.25) is 4.79 Å². The molecule has 1 heterocycles. The van der Waals surface area contributed by atoms with Crippen molar-refractivity contribution in [3.63, 3.8) is 0 Å². The average Bonchev–Trinajstić information content (AvgIpc) is 3.10. The summed E-state index contributed by atoms with van der Waals surface area (Å²) in [5, 5.41) is 5.81. The molecule has 0 bridgehead atoms. The summed E-state index contributed by atoms with van der Waals surface area (Å²) < 4.78 is 22.0. The summed E-state index contributed by atoms with van der Waals surface area (Å²) >= 11 is 0. The zero-order valence-electron chi connectivity index (χ0n) is 16.7. The van der Waals surface area contributed by atoms with Crippen LogP contribution in [0.4, 0.5) is 5.69 Å². The van der Waals surface area contributed by atoms with E-state index in [1.165, 1.54) is 21.3 Å². The lowest BCUT2D eigenvalue weighted by Gasteiger charge is -2.14. The number of nitrogens with one attached hydrogen (secondary N) is 1. The summed E-state index contributed by atoms with van der Waals surface area (Å²) in [5.41, 5.74) is 2.00. The van der Waals surface area contributed by atoms with Crippen LogP contribution in [0.3, 0.4) is 0 Å². The highest BCUT2D eigenvalue weighted by molar-refractivity contribution is 6.11. The smallest absolute Gasteiger partial charge is 0.291 e. The van der Waals surface area contributed by atoms with Crippen molar-refractivity contribution in [1.82, 2.24) is 0 Å². The predicted octanol–water partition coefficient (Wildman–Crippen LogP) is 5.17. The molecule has 4 rings (SSSR count). The molecule has 0 atom stereocenters. The van der Waals surface area contributed by atoms with Gasteiger partial charge in [0, 0.05) is 34.2 Å². The number of amides is 1. The predicted molar refractivity (Wildman–Crippen MR) is 113 cm³/mol. The highest BCUT2D eigenvalue weighted by Gasteiger charge is 2.21. The first-order chi connectivity index (χ1) is 14.1. The van der Waals surface area contributed by atoms with Crippen molar-refractivity contribution in [2.24, 2.45) is 0 Å². The fraction of sp³-hybridized carbons (Fsp3) is 0.174. The molecule has 0 unspecified atom stereocenters. The van der Waals surface area contributed by atoms with E-state index in [9.17, 15) is 4.79 Å². The van der Waals surface area contributed by atoms with E-state index in [2.05, 4.69) is 5.32 Å². The van der Waals surface area contributed by atoms with E-state index in [0.717, 1.165) is 21.7 Å². The van der Waals surface area contributed by atoms with Crippen LogP contribution in [0.5, 0.6) is 17.2 Å². The molecule has 0 saturated heterocycles. The maximum atomic E-state index is 13.0. The van der Waals surface area contributed by atoms with Gasteiger partial charge in [0.15, 0.2) is 17.3 Å². The molecule has 29 heavy (non-hydrogen) atoms. The van der Waals surface area contributed by atoms with Gasteiger partial charge in [-0.15, -0.1) is 0 Å². The van der Waals surface area contributed by atoms with Gasteiger partial charge in [0.1, 0.15) is 5.58 Å². The Labute approximate surface area is 168 Å². The van der Waals surface area contributed by atoms with Crippen molar-refractivity contribution >= 4 is 33.3 Å². The molecule has 6 nitrogen and oxygen atoms in total. The van der Waals surface area contributed by atoms with E-state index >= 15 is 0 Å². The minimum atomic E-state index is -0.350. The Morgan fingerprint density at radius 2 is 1.59 bits per heavy atom. The zero-order valence-corrected chi connectivity index (χ0v) is 16.7. The molecule has 6 heteroatoms. The Balaban J connectivity index is 1.75. The lowest BCUT2D eigenvalue weighted by Crippen LogP contribution is -2.12. The van der Waals surface area contributed by atoms with Crippen molar-refractivity contribution in [2.45, 2.75) is 6.92 Å². The van der Waals surface area contributed by atoms with Crippen LogP contribution in [0.25, 0.3) is 21.7 Å². The van der Waals surface area contributed by atoms with Gasteiger partial charge in [0.2, 0.25) is 5.75 Å². The van der Waals surface area contributed by atoms with Crippen LogP contribution in [0.15, 0.2) is 52.9 Å². The number of methoxy groups -OCH3 is 3. The standard InChI is InChI=1S/C23H21NO5/c1-13-16-10-9-14-7-5-6-8-17(14)21(16)29-20(13)23(25)24-15-11-18(26-2)22(28-4)19(12-15)27-3/h5-12H,1-4H3,(H,24,25). The molecule has 1 aromatic heterocycles. The molecule has 148 valence electrons. The van der Waals surface area contributed by atoms with E-state index < -0.39 is 0 Å². The third-order valence-corrected chi connectivity index (χ3v) is 4.96. The molecule has 0 radical (unpaired) electrons. The summed E-state index contributed by atoms with van der Waals surface area (Å²) in [6, 6.07) is 15.3. The van der Waals surface area contributed by atoms with Gasteiger partial charge in [-0.1, -0.05) is 36.4 Å². The van der Waals surface area contributed by atoms with Gasteiger partial charge in [-0.2, -0.15) is 0 Å². The van der Waals surface area contributed by atoms with Gasteiger partial charge in [0.05, 0.1) is 21.3 Å². The maximum Gasteiger partial charge on any atom is 0.291 e. The van der Waals surface area contributed by atoms with Gasteiger partial charge >= 0.3 is 0 Å². The summed E-state index contributed by atoms with van der Waals surface area (Å²) in [7, 11) is 4.58. The minimum Gasteiger partial charge on any atom is -0.493 e. The van der Waals surface area contributed by atoms with Crippen LogP contribution < -0.4 is 19.5 Å². The number of aryl methyl sites for hydroxylation is 1. The molecule has 1 amide bonds. The quantitative estimate of drug-likeness (QED) is 0.508. The molecule has 0 aliphatic heterocycles. The zero-order chi connectivity index (χ0) is 20.5. The fourth-order valence-corrected chi connectivity index (χ4v) is 3.51. The van der Waals surface area contributed by atoms with Gasteiger partial charge in [0.25, 0.3) is 5.91 Å². The van der Waals surface area contributed by atoms with Crippen LogP contribution in [-0.4, -0.2) is 27.2 Å². The molecule has 1 N–H and O–H groups in total. The number of fused-ring (bicyclic) bond motifs is 3. The van der Waals surface area contributed by atoms with Gasteiger partial charge < -0.3 is 23.9 Å². The Morgan fingerprint density at radius 1 is 0.897 bits per heavy atom. The minimum absolute atomic E-state index is 0.269.